The van der Waals surface area contributed by atoms with Crippen LogP contribution in [0.4, 0.5) is 0 Å². The van der Waals surface area contributed by atoms with E-state index in [2.05, 4.69) is 0 Å². The minimum atomic E-state index is -0.822. The van der Waals surface area contributed by atoms with Crippen LogP contribution in [-0.4, -0.2) is 73.6 Å². The Morgan fingerprint density at radius 1 is 0.455 bits per heavy atom. The van der Waals surface area contributed by atoms with Crippen LogP contribution in [0.5, 0.6) is 0 Å². The molecule has 202 valence electrons. The number of methoxy groups -OCH3 is 3. The highest BCUT2D eigenvalue weighted by Gasteiger charge is 2.31. The van der Waals surface area contributed by atoms with Crippen LogP contribution in [0.1, 0.15) is 97.8 Å². The highest BCUT2D eigenvalue weighted by molar-refractivity contribution is 6.08. The van der Waals surface area contributed by atoms with Gasteiger partial charge in [-0.15, -0.1) is 0 Å². The predicted octanol–water partition coefficient (Wildman–Crippen LogP) is 4.58. The monoisotopic (exact) mass is 510 g/mol. The van der Waals surface area contributed by atoms with Crippen LogP contribution in [0.3, 0.4) is 0 Å². The van der Waals surface area contributed by atoms with E-state index in [1.54, 1.807) is 21.3 Å². The molecule has 0 fully saturated rings. The van der Waals surface area contributed by atoms with Crippen molar-refractivity contribution in [3.63, 3.8) is 0 Å². The van der Waals surface area contributed by atoms with Gasteiger partial charge in [0.05, 0.1) is 0 Å². The Hall–Kier alpha value is 0.194. The van der Waals surface area contributed by atoms with E-state index >= 15 is 0 Å². The van der Waals surface area contributed by atoms with Crippen molar-refractivity contribution < 1.29 is 28.4 Å². The van der Waals surface area contributed by atoms with Crippen LogP contribution in [0.15, 0.2) is 0 Å². The molecule has 0 aliphatic rings. The topological polar surface area (TPSA) is 55.4 Å². The van der Waals surface area contributed by atoms with Crippen LogP contribution in [0.2, 0.25) is 12.1 Å². The van der Waals surface area contributed by atoms with Gasteiger partial charge < -0.3 is 28.4 Å². The Bertz CT molecular complexity index is 359. The maximum absolute atomic E-state index is 5.70. The maximum atomic E-state index is 5.70. The third-order valence-corrected chi connectivity index (χ3v) is 7.11. The van der Waals surface area contributed by atoms with E-state index < -0.39 is 11.9 Å². The minimum Gasteiger partial charge on any atom is -0.331 e. The van der Waals surface area contributed by atoms with Gasteiger partial charge in [-0.25, -0.2) is 0 Å². The molecule has 8 heteroatoms. The molecule has 0 rings (SSSR count). The molecule has 0 saturated heterocycles. The van der Waals surface area contributed by atoms with Gasteiger partial charge in [0.1, 0.15) is 0 Å². The lowest BCUT2D eigenvalue weighted by molar-refractivity contribution is -0.380. The SMILES string of the molecule is CCOC(CCCCCCC[SiH3])(OCC)OCC.COC(CCCCCCC[SiH3])(OC)OC. The number of ether oxygens (including phenoxy) is 6. The number of unbranched alkanes of at least 4 members (excludes halogenated alkanes) is 8. The van der Waals surface area contributed by atoms with Crippen molar-refractivity contribution in [2.24, 2.45) is 0 Å². The Morgan fingerprint density at radius 3 is 1.06 bits per heavy atom. The first-order valence-corrected chi connectivity index (χ1v) is 16.4. The fraction of sp³-hybridized carbons (Fsp3) is 1.00. The van der Waals surface area contributed by atoms with E-state index in [0.717, 1.165) is 25.7 Å². The molecule has 0 bridgehead atoms. The van der Waals surface area contributed by atoms with Gasteiger partial charge in [0.15, 0.2) is 0 Å². The van der Waals surface area contributed by atoms with Crippen LogP contribution >= 0.6 is 0 Å². The van der Waals surface area contributed by atoms with Crippen LogP contribution < -0.4 is 0 Å². The van der Waals surface area contributed by atoms with E-state index in [1.165, 1.54) is 83.9 Å². The van der Waals surface area contributed by atoms with Gasteiger partial charge in [0.25, 0.3) is 11.9 Å². The summed E-state index contributed by atoms with van der Waals surface area (Å²) >= 11 is 0. The summed E-state index contributed by atoms with van der Waals surface area (Å²) < 4.78 is 32.8. The third kappa shape index (κ3) is 19.1. The summed E-state index contributed by atoms with van der Waals surface area (Å²) in [6.07, 6.45) is 14.5. The molecule has 0 atom stereocenters. The molecule has 0 amide bonds. The summed E-state index contributed by atoms with van der Waals surface area (Å²) in [7, 11) is 7.54. The second-order valence-electron chi connectivity index (χ2n) is 8.31. The van der Waals surface area contributed by atoms with Gasteiger partial charge in [-0.05, 0) is 33.6 Å². The zero-order chi connectivity index (χ0) is 25.3. The van der Waals surface area contributed by atoms with Crippen LogP contribution in [0.25, 0.3) is 0 Å². The molecule has 0 aliphatic heterocycles. The number of hydrogen-bond acceptors (Lipinski definition) is 6. The third-order valence-electron chi connectivity index (χ3n) is 5.70. The van der Waals surface area contributed by atoms with Gasteiger partial charge >= 0.3 is 0 Å². The van der Waals surface area contributed by atoms with Crippen molar-refractivity contribution in [2.45, 2.75) is 122 Å². The zero-order valence-corrected chi connectivity index (χ0v) is 27.5. The Morgan fingerprint density at radius 2 is 0.758 bits per heavy atom. The first-order chi connectivity index (χ1) is 16.0. The smallest absolute Gasteiger partial charge is 0.282 e. The predicted molar refractivity (Wildman–Crippen MR) is 146 cm³/mol. The average Bonchev–Trinajstić information content (AvgIpc) is 2.82. The van der Waals surface area contributed by atoms with Crippen molar-refractivity contribution >= 4 is 20.5 Å². The summed E-state index contributed by atoms with van der Waals surface area (Å²) in [6.45, 7) is 7.83. The minimum absolute atomic E-state index is 0.625. The molecule has 0 aromatic heterocycles. The Balaban J connectivity index is 0. The molecule has 0 aromatic rings. The zero-order valence-electron chi connectivity index (χ0n) is 23.5. The summed E-state index contributed by atoms with van der Waals surface area (Å²) in [5.41, 5.74) is 0. The molecule has 0 aliphatic carbocycles. The fourth-order valence-electron chi connectivity index (χ4n) is 3.80. The van der Waals surface area contributed by atoms with Crippen LogP contribution in [0, 0.1) is 0 Å². The normalized spacial score (nSPS) is 12.2. The van der Waals surface area contributed by atoms with E-state index in [4.69, 9.17) is 28.4 Å². The molecule has 0 aromatic carbocycles. The summed E-state index contributed by atoms with van der Waals surface area (Å²) in [4.78, 5) is 0. The lowest BCUT2D eigenvalue weighted by atomic mass is 10.1. The molecule has 0 radical (unpaired) electrons. The summed E-state index contributed by atoms with van der Waals surface area (Å²) in [5, 5.41) is 0. The van der Waals surface area contributed by atoms with Crippen molar-refractivity contribution in [3.05, 3.63) is 0 Å². The highest BCUT2D eigenvalue weighted by Crippen LogP contribution is 2.24. The Kier molecular flexibility index (Phi) is 27.1. The Labute approximate surface area is 212 Å². The van der Waals surface area contributed by atoms with Gasteiger partial charge in [0, 0.05) is 74.5 Å². The fourth-order valence-corrected chi connectivity index (χ4v) is 4.80. The molecule has 33 heavy (non-hydrogen) atoms. The second kappa shape index (κ2) is 25.3. The second-order valence-corrected chi connectivity index (χ2v) is 10.3. The van der Waals surface area contributed by atoms with Crippen LogP contribution in [-0.2, 0) is 28.4 Å². The van der Waals surface area contributed by atoms with E-state index in [9.17, 15) is 0 Å². The van der Waals surface area contributed by atoms with Gasteiger partial charge in [-0.3, -0.25) is 0 Å². The maximum Gasteiger partial charge on any atom is 0.282 e. The van der Waals surface area contributed by atoms with Crippen molar-refractivity contribution in [1.82, 2.24) is 0 Å². The van der Waals surface area contributed by atoms with Crippen molar-refractivity contribution in [2.75, 3.05) is 41.2 Å². The molecule has 0 spiro atoms. The summed E-state index contributed by atoms with van der Waals surface area (Å²) in [6, 6.07) is 2.86. The largest absolute Gasteiger partial charge is 0.331 e. The average molecular weight is 511 g/mol. The lowest BCUT2D eigenvalue weighted by Crippen LogP contribution is -2.39. The quantitative estimate of drug-likeness (QED) is 0.114. The van der Waals surface area contributed by atoms with E-state index in [0.29, 0.717) is 19.8 Å². The molecular formula is C25H58O6Si2. The van der Waals surface area contributed by atoms with E-state index in [1.807, 2.05) is 20.8 Å². The lowest BCUT2D eigenvalue weighted by Gasteiger charge is -2.32. The van der Waals surface area contributed by atoms with Gasteiger partial charge in [0.2, 0.25) is 0 Å². The van der Waals surface area contributed by atoms with E-state index in [-0.39, 0.29) is 0 Å². The molecule has 0 N–H and O–H groups in total. The van der Waals surface area contributed by atoms with Crippen molar-refractivity contribution in [1.29, 1.82) is 0 Å². The first kappa shape index (κ1) is 35.4. The summed E-state index contributed by atoms with van der Waals surface area (Å²) in [5.74, 6) is -1.62. The number of hydrogen-bond donors (Lipinski definition) is 0. The highest BCUT2D eigenvalue weighted by atomic mass is 28.1. The first-order valence-electron chi connectivity index (χ1n) is 13.6. The molecular weight excluding hydrogens is 452 g/mol. The molecule has 0 unspecified atom stereocenters. The van der Waals surface area contributed by atoms with Crippen molar-refractivity contribution in [3.8, 4) is 0 Å². The van der Waals surface area contributed by atoms with Gasteiger partial charge in [-0.1, -0.05) is 63.5 Å². The number of rotatable bonds is 23. The molecule has 0 saturated carbocycles. The molecule has 6 nitrogen and oxygen atoms in total. The molecule has 0 heterocycles. The standard InChI is InChI=1S/C14H32O3Si.C11H26O3Si/c1-4-15-14(16-5-2,17-6-3)12-10-8-7-9-11-13-18;1-12-11(13-2,14-3)9-7-5-4-6-8-10-15/h4-13H2,1-3,18H3;4-10H2,1-3,15H3. The van der Waals surface area contributed by atoms with Gasteiger partial charge in [-0.2, -0.15) is 0 Å².